The maximum Gasteiger partial charge on any atom is 0.238 e. The fraction of sp³-hybridized carbons (Fsp3) is 0.136. The molecule has 0 bridgehead atoms. The summed E-state index contributed by atoms with van der Waals surface area (Å²) in [5.41, 5.74) is 15.0. The molecule has 308 valence electrons. The molecule has 0 aliphatic heterocycles. The van der Waals surface area contributed by atoms with Crippen LogP contribution in [0.2, 0.25) is 0 Å². The zero-order valence-corrected chi connectivity index (χ0v) is 36.5. The van der Waals surface area contributed by atoms with Gasteiger partial charge in [0.05, 0.1) is 22.1 Å². The first kappa shape index (κ1) is 38.1. The first-order valence-electron chi connectivity index (χ1n) is 22.4. The Morgan fingerprint density at radius 2 is 0.891 bits per heavy atom. The number of nitrogens with zero attached hydrogens (tertiary/aromatic N) is 5. The second kappa shape index (κ2) is 14.5. The third kappa shape index (κ3) is 6.02. The number of benzene rings is 8. The Bertz CT molecular complexity index is 3600. The van der Waals surface area contributed by atoms with Crippen molar-refractivity contribution in [2.24, 2.45) is 0 Å². The number of hydrogen-bond donors (Lipinski definition) is 0. The molecule has 0 unspecified atom stereocenters. The number of fused-ring (bicyclic) bond motifs is 8. The molecule has 5 heteroatoms. The van der Waals surface area contributed by atoms with Crippen molar-refractivity contribution in [1.29, 1.82) is 0 Å². The van der Waals surface area contributed by atoms with Gasteiger partial charge in [-0.1, -0.05) is 167 Å². The van der Waals surface area contributed by atoms with Gasteiger partial charge in [0.25, 0.3) is 0 Å². The second-order valence-corrected chi connectivity index (χ2v) is 18.7. The molecule has 0 N–H and O–H groups in total. The molecule has 0 amide bonds. The first-order chi connectivity index (χ1) is 31.2. The lowest BCUT2D eigenvalue weighted by atomic mass is 9.63. The zero-order valence-electron chi connectivity index (χ0n) is 36.5. The van der Waals surface area contributed by atoms with Gasteiger partial charge < -0.3 is 4.57 Å². The highest BCUT2D eigenvalue weighted by molar-refractivity contribution is 6.29. The average Bonchev–Trinajstić information content (AvgIpc) is 3.86. The normalized spacial score (nSPS) is 14.4. The second-order valence-electron chi connectivity index (χ2n) is 18.7. The van der Waals surface area contributed by atoms with E-state index in [4.69, 9.17) is 15.0 Å². The van der Waals surface area contributed by atoms with Crippen molar-refractivity contribution in [3.05, 3.63) is 199 Å². The number of hydrogen-bond acceptors (Lipinski definition) is 3. The molecule has 12 rings (SSSR count). The largest absolute Gasteiger partial charge is 0.309 e. The van der Waals surface area contributed by atoms with Crippen LogP contribution in [0.5, 0.6) is 0 Å². The molecule has 0 fully saturated rings. The van der Waals surface area contributed by atoms with Gasteiger partial charge in [0, 0.05) is 38.4 Å². The Kier molecular flexibility index (Phi) is 8.61. The summed E-state index contributed by atoms with van der Waals surface area (Å²) in [5.74, 6) is 1.85. The van der Waals surface area contributed by atoms with E-state index in [1.807, 2.05) is 6.07 Å². The van der Waals surface area contributed by atoms with E-state index in [0.717, 1.165) is 51.8 Å². The van der Waals surface area contributed by atoms with E-state index in [1.165, 1.54) is 54.8 Å². The lowest BCUT2D eigenvalue weighted by Gasteiger charge is -2.42. The minimum atomic E-state index is -0.00504. The third-order valence-corrected chi connectivity index (χ3v) is 13.9. The standard InChI is InChI=1S/C59H47N5/c1-58(2)33-34-59(3,4)48-37-52-46(36-47(48)58)54-51(32-31-50-53(54)45-29-16-17-30-49(45)63(50)42-25-12-7-13-26-42)64(52)57-61-55(39-21-10-6-11-22-39)60-56(62-57)41-24-18-23-40(35-41)44-28-15-14-27-43(44)38-19-8-5-9-20-38/h5-32,35-37H,33-34H2,1-4H3. The number of rotatable bonds is 6. The van der Waals surface area contributed by atoms with Crippen LogP contribution in [0.3, 0.4) is 0 Å². The minimum absolute atomic E-state index is 0.00504. The smallest absolute Gasteiger partial charge is 0.238 e. The fourth-order valence-corrected chi connectivity index (χ4v) is 10.4. The van der Waals surface area contributed by atoms with E-state index in [2.05, 4.69) is 219 Å². The molecule has 8 aromatic carbocycles. The summed E-state index contributed by atoms with van der Waals surface area (Å²) >= 11 is 0. The van der Waals surface area contributed by atoms with Gasteiger partial charge >= 0.3 is 0 Å². The number of para-hydroxylation sites is 2. The summed E-state index contributed by atoms with van der Waals surface area (Å²) in [4.78, 5) is 16.2. The van der Waals surface area contributed by atoms with Crippen molar-refractivity contribution in [1.82, 2.24) is 24.1 Å². The highest BCUT2D eigenvalue weighted by Gasteiger charge is 2.38. The molecular weight excluding hydrogens is 779 g/mol. The quantitative estimate of drug-likeness (QED) is 0.168. The van der Waals surface area contributed by atoms with E-state index in [-0.39, 0.29) is 10.8 Å². The van der Waals surface area contributed by atoms with Crippen LogP contribution < -0.4 is 0 Å². The highest BCUT2D eigenvalue weighted by atomic mass is 15.2. The molecule has 3 aromatic heterocycles. The summed E-state index contributed by atoms with van der Waals surface area (Å²) < 4.78 is 4.74. The SMILES string of the molecule is CC1(C)CCC(C)(C)c2cc3c(cc21)c1c2c4ccccc4n(-c4ccccc4)c2ccc1n3-c1nc(-c2ccccc2)nc(-c2cccc(-c3ccccc3-c3ccccc3)c2)n1. The monoisotopic (exact) mass is 825 g/mol. The van der Waals surface area contributed by atoms with Crippen LogP contribution in [0.1, 0.15) is 51.7 Å². The molecule has 64 heavy (non-hydrogen) atoms. The van der Waals surface area contributed by atoms with Crippen molar-refractivity contribution in [3.63, 3.8) is 0 Å². The summed E-state index contributed by atoms with van der Waals surface area (Å²) in [6.45, 7) is 9.64. The van der Waals surface area contributed by atoms with Crippen molar-refractivity contribution >= 4 is 43.6 Å². The summed E-state index contributed by atoms with van der Waals surface area (Å²) in [5, 5.41) is 4.88. The predicted octanol–water partition coefficient (Wildman–Crippen LogP) is 15.1. The predicted molar refractivity (Wildman–Crippen MR) is 266 cm³/mol. The van der Waals surface area contributed by atoms with E-state index >= 15 is 0 Å². The lowest BCUT2D eigenvalue weighted by Crippen LogP contribution is -2.33. The van der Waals surface area contributed by atoms with Crippen molar-refractivity contribution in [2.45, 2.75) is 51.4 Å². The summed E-state index contributed by atoms with van der Waals surface area (Å²) in [6, 6.07) is 67.3. The molecule has 1 aliphatic carbocycles. The van der Waals surface area contributed by atoms with Crippen molar-refractivity contribution in [3.8, 4) is 56.7 Å². The lowest BCUT2D eigenvalue weighted by molar-refractivity contribution is 0.332. The highest BCUT2D eigenvalue weighted by Crippen LogP contribution is 2.50. The van der Waals surface area contributed by atoms with E-state index < -0.39 is 0 Å². The average molecular weight is 826 g/mol. The summed E-state index contributed by atoms with van der Waals surface area (Å²) in [6.07, 6.45) is 2.25. The topological polar surface area (TPSA) is 48.5 Å². The molecule has 5 nitrogen and oxygen atoms in total. The van der Waals surface area contributed by atoms with Crippen molar-refractivity contribution < 1.29 is 0 Å². The Balaban J connectivity index is 1.17. The van der Waals surface area contributed by atoms with Gasteiger partial charge in [0.15, 0.2) is 11.6 Å². The molecular formula is C59H47N5. The molecule has 0 atom stereocenters. The van der Waals surface area contributed by atoms with Gasteiger partial charge in [0.2, 0.25) is 5.95 Å². The first-order valence-corrected chi connectivity index (χ1v) is 22.4. The molecule has 0 saturated heterocycles. The van der Waals surface area contributed by atoms with Gasteiger partial charge in [-0.3, -0.25) is 4.57 Å². The van der Waals surface area contributed by atoms with Crippen LogP contribution >= 0.6 is 0 Å². The fourth-order valence-electron chi connectivity index (χ4n) is 10.4. The van der Waals surface area contributed by atoms with Gasteiger partial charge in [-0.2, -0.15) is 9.97 Å². The van der Waals surface area contributed by atoms with Gasteiger partial charge in [-0.05, 0) is 106 Å². The zero-order chi connectivity index (χ0) is 43.2. The molecule has 0 saturated carbocycles. The van der Waals surface area contributed by atoms with E-state index in [1.54, 1.807) is 0 Å². The van der Waals surface area contributed by atoms with E-state index in [9.17, 15) is 0 Å². The Morgan fingerprint density at radius 3 is 1.59 bits per heavy atom. The Hall–Kier alpha value is -7.63. The molecule has 0 radical (unpaired) electrons. The molecule has 11 aromatic rings. The van der Waals surface area contributed by atoms with Crippen LogP contribution in [0.4, 0.5) is 0 Å². The molecule has 0 spiro atoms. The van der Waals surface area contributed by atoms with Crippen LogP contribution in [-0.2, 0) is 10.8 Å². The van der Waals surface area contributed by atoms with Gasteiger partial charge in [-0.25, -0.2) is 4.98 Å². The summed E-state index contributed by atoms with van der Waals surface area (Å²) in [7, 11) is 0. The number of aromatic nitrogens is 5. The van der Waals surface area contributed by atoms with Gasteiger partial charge in [0.1, 0.15) is 0 Å². The van der Waals surface area contributed by atoms with Crippen LogP contribution in [-0.4, -0.2) is 24.1 Å². The maximum atomic E-state index is 5.50. The van der Waals surface area contributed by atoms with Crippen LogP contribution in [0.25, 0.3) is 100 Å². The molecule has 3 heterocycles. The van der Waals surface area contributed by atoms with Crippen molar-refractivity contribution in [2.75, 3.05) is 0 Å². The van der Waals surface area contributed by atoms with Crippen LogP contribution in [0, 0.1) is 0 Å². The molecule has 1 aliphatic rings. The Morgan fingerprint density at radius 1 is 0.375 bits per heavy atom. The van der Waals surface area contributed by atoms with E-state index in [0.29, 0.717) is 17.6 Å². The van der Waals surface area contributed by atoms with Gasteiger partial charge in [-0.15, -0.1) is 0 Å². The third-order valence-electron chi connectivity index (χ3n) is 13.9. The Labute approximate surface area is 373 Å². The minimum Gasteiger partial charge on any atom is -0.309 e. The van der Waals surface area contributed by atoms with Crippen LogP contribution in [0.15, 0.2) is 188 Å². The maximum absolute atomic E-state index is 5.50.